The van der Waals surface area contributed by atoms with Gasteiger partial charge in [0, 0.05) is 29.1 Å². The minimum absolute atomic E-state index is 0.290. The summed E-state index contributed by atoms with van der Waals surface area (Å²) in [7, 11) is 1.97. The van der Waals surface area contributed by atoms with E-state index in [2.05, 4.69) is 30.7 Å². The molecular weight excluding hydrogens is 394 g/mol. The minimum atomic E-state index is -0.489. The first-order valence-electron chi connectivity index (χ1n) is 10.4. The summed E-state index contributed by atoms with van der Waals surface area (Å²) < 4.78 is 3.87. The van der Waals surface area contributed by atoms with E-state index in [1.807, 2.05) is 48.6 Å². The van der Waals surface area contributed by atoms with Crippen LogP contribution in [0.2, 0.25) is 0 Å². The molecule has 4 N–H and O–H groups in total. The van der Waals surface area contributed by atoms with E-state index in [9.17, 15) is 4.79 Å². The van der Waals surface area contributed by atoms with Gasteiger partial charge in [-0.1, -0.05) is 0 Å². The van der Waals surface area contributed by atoms with E-state index >= 15 is 0 Å². The van der Waals surface area contributed by atoms with Crippen molar-refractivity contribution in [1.29, 1.82) is 0 Å². The van der Waals surface area contributed by atoms with Gasteiger partial charge in [-0.15, -0.1) is 10.2 Å². The smallest absolute Gasteiger partial charge is 0.248 e. The molecule has 5 rings (SSSR count). The molecule has 1 amide bonds. The van der Waals surface area contributed by atoms with Crippen molar-refractivity contribution in [2.24, 2.45) is 5.73 Å². The van der Waals surface area contributed by atoms with Crippen molar-refractivity contribution >= 4 is 16.8 Å². The molecule has 1 fully saturated rings. The molecule has 10 heteroatoms. The van der Waals surface area contributed by atoms with Crippen molar-refractivity contribution in [3.05, 3.63) is 35.7 Å². The van der Waals surface area contributed by atoms with E-state index in [1.165, 1.54) is 0 Å². The number of amides is 1. The standard InChI is InChI=1S/C21H25N9O/c1-4-29-18(5-11(2)28-29)21-25-20(26-27-21)15-6-12(19(22)31)7-17-16(15)10-24-30(17)14-8-13(9-14)23-3/h5-7,10,13-14,23H,4,8-9H2,1-3H3,(H2,22,31)(H,25,26,27)/t13-,14-. The number of primary amides is 1. The largest absolute Gasteiger partial charge is 0.366 e. The number of nitrogens with two attached hydrogens (primary N) is 1. The van der Waals surface area contributed by atoms with Crippen molar-refractivity contribution in [2.75, 3.05) is 7.05 Å². The minimum Gasteiger partial charge on any atom is -0.366 e. The van der Waals surface area contributed by atoms with Crippen LogP contribution in [0.3, 0.4) is 0 Å². The number of rotatable bonds is 6. The van der Waals surface area contributed by atoms with E-state index in [-0.39, 0.29) is 6.04 Å². The number of H-pyrrole nitrogens is 1. The molecule has 1 aromatic carbocycles. The number of benzene rings is 1. The van der Waals surface area contributed by atoms with Gasteiger partial charge in [-0.05, 0) is 51.9 Å². The molecule has 0 atom stereocenters. The highest BCUT2D eigenvalue weighted by Crippen LogP contribution is 2.36. The Morgan fingerprint density at radius 2 is 2.03 bits per heavy atom. The molecule has 4 aromatic rings. The molecule has 3 heterocycles. The number of hydrogen-bond donors (Lipinski definition) is 3. The van der Waals surface area contributed by atoms with Gasteiger partial charge in [0.1, 0.15) is 5.69 Å². The lowest BCUT2D eigenvalue weighted by molar-refractivity contribution is 0.100. The summed E-state index contributed by atoms with van der Waals surface area (Å²) in [6, 6.07) is 6.31. The first-order valence-corrected chi connectivity index (χ1v) is 10.4. The molecule has 0 aliphatic heterocycles. The lowest BCUT2D eigenvalue weighted by Gasteiger charge is -2.35. The number of nitrogens with zero attached hydrogens (tertiary/aromatic N) is 6. The SMILES string of the molecule is CCn1nc(C)cc1-c1nnc(-c2cc(C(N)=O)cc3c2cnn3[C@H]2C[C@H](NC)C2)[nH]1. The van der Waals surface area contributed by atoms with Crippen LogP contribution in [0.25, 0.3) is 33.8 Å². The molecule has 1 saturated carbocycles. The molecule has 1 aliphatic rings. The quantitative estimate of drug-likeness (QED) is 0.438. The predicted octanol–water partition coefficient (Wildman–Crippen LogP) is 2.04. The third kappa shape index (κ3) is 3.19. The fourth-order valence-corrected chi connectivity index (χ4v) is 4.27. The molecule has 160 valence electrons. The van der Waals surface area contributed by atoms with Crippen LogP contribution >= 0.6 is 0 Å². The molecule has 1 aliphatic carbocycles. The van der Waals surface area contributed by atoms with Gasteiger partial charge < -0.3 is 16.0 Å². The second-order valence-corrected chi connectivity index (χ2v) is 8.03. The zero-order chi connectivity index (χ0) is 21.7. The Hall–Kier alpha value is -3.53. The van der Waals surface area contributed by atoms with Crippen LogP contribution in [0.15, 0.2) is 24.4 Å². The number of aromatic amines is 1. The Labute approximate surface area is 178 Å². The second kappa shape index (κ2) is 7.31. The highest BCUT2D eigenvalue weighted by Gasteiger charge is 2.31. The highest BCUT2D eigenvalue weighted by atomic mass is 16.1. The lowest BCUT2D eigenvalue weighted by atomic mass is 9.87. The molecular formula is C21H25N9O. The summed E-state index contributed by atoms with van der Waals surface area (Å²) >= 11 is 0. The van der Waals surface area contributed by atoms with Gasteiger partial charge in [0.2, 0.25) is 5.91 Å². The monoisotopic (exact) mass is 419 g/mol. The summed E-state index contributed by atoms with van der Waals surface area (Å²) in [5.74, 6) is 0.696. The first-order chi connectivity index (χ1) is 15.0. The average Bonchev–Trinajstić information content (AvgIpc) is 3.44. The van der Waals surface area contributed by atoms with Crippen molar-refractivity contribution in [3.63, 3.8) is 0 Å². The van der Waals surface area contributed by atoms with Gasteiger partial charge >= 0.3 is 0 Å². The first kappa shape index (κ1) is 19.4. The van der Waals surface area contributed by atoms with Crippen LogP contribution in [0.1, 0.15) is 41.9 Å². The van der Waals surface area contributed by atoms with E-state index < -0.39 is 5.91 Å². The normalized spacial score (nSPS) is 18.4. The van der Waals surface area contributed by atoms with Gasteiger partial charge in [0.05, 0.1) is 23.4 Å². The molecule has 10 nitrogen and oxygen atoms in total. The summed E-state index contributed by atoms with van der Waals surface area (Å²) in [5, 5.41) is 22.0. The Morgan fingerprint density at radius 1 is 1.26 bits per heavy atom. The fraction of sp³-hybridized carbons (Fsp3) is 0.381. The van der Waals surface area contributed by atoms with E-state index in [0.717, 1.165) is 47.2 Å². The van der Waals surface area contributed by atoms with Crippen molar-refractivity contribution < 1.29 is 4.79 Å². The maximum absolute atomic E-state index is 12.1. The number of nitrogens with one attached hydrogen (secondary N) is 2. The van der Waals surface area contributed by atoms with Gasteiger partial charge in [0.15, 0.2) is 11.6 Å². The third-order valence-corrected chi connectivity index (χ3v) is 6.05. The van der Waals surface area contributed by atoms with Crippen LogP contribution < -0.4 is 11.1 Å². The van der Waals surface area contributed by atoms with Gasteiger partial charge in [0.25, 0.3) is 0 Å². The number of carbonyl (C=O) groups excluding carboxylic acids is 1. The Bertz CT molecular complexity index is 1280. The second-order valence-electron chi connectivity index (χ2n) is 8.03. The van der Waals surface area contributed by atoms with Crippen molar-refractivity contribution in [2.45, 2.75) is 45.3 Å². The number of aromatic nitrogens is 7. The summed E-state index contributed by atoms with van der Waals surface area (Å²) in [6.07, 6.45) is 3.82. The Balaban J connectivity index is 1.61. The summed E-state index contributed by atoms with van der Waals surface area (Å²) in [4.78, 5) is 15.3. The fourth-order valence-electron chi connectivity index (χ4n) is 4.27. The van der Waals surface area contributed by atoms with Crippen LogP contribution in [-0.4, -0.2) is 53.7 Å². The van der Waals surface area contributed by atoms with E-state index in [0.29, 0.717) is 23.3 Å². The van der Waals surface area contributed by atoms with Crippen LogP contribution in [-0.2, 0) is 6.54 Å². The molecule has 0 radical (unpaired) electrons. The number of aryl methyl sites for hydroxylation is 2. The van der Waals surface area contributed by atoms with E-state index in [1.54, 1.807) is 6.07 Å². The zero-order valence-electron chi connectivity index (χ0n) is 17.8. The van der Waals surface area contributed by atoms with Crippen LogP contribution in [0.5, 0.6) is 0 Å². The summed E-state index contributed by atoms with van der Waals surface area (Å²) in [5.41, 5.74) is 9.46. The molecule has 0 unspecified atom stereocenters. The number of carbonyl (C=O) groups is 1. The summed E-state index contributed by atoms with van der Waals surface area (Å²) in [6.45, 7) is 4.70. The topological polar surface area (TPSA) is 132 Å². The Morgan fingerprint density at radius 3 is 2.74 bits per heavy atom. The van der Waals surface area contributed by atoms with Gasteiger partial charge in [-0.3, -0.25) is 14.2 Å². The van der Waals surface area contributed by atoms with E-state index in [4.69, 9.17) is 5.73 Å². The molecule has 3 aromatic heterocycles. The number of fused-ring (bicyclic) bond motifs is 1. The predicted molar refractivity (Wildman–Crippen MR) is 116 cm³/mol. The van der Waals surface area contributed by atoms with Crippen LogP contribution in [0.4, 0.5) is 0 Å². The Kier molecular flexibility index (Phi) is 4.58. The maximum Gasteiger partial charge on any atom is 0.248 e. The zero-order valence-corrected chi connectivity index (χ0v) is 17.8. The van der Waals surface area contributed by atoms with Crippen molar-refractivity contribution in [3.8, 4) is 22.9 Å². The van der Waals surface area contributed by atoms with Crippen LogP contribution in [0, 0.1) is 6.92 Å². The van der Waals surface area contributed by atoms with Gasteiger partial charge in [-0.25, -0.2) is 0 Å². The van der Waals surface area contributed by atoms with Gasteiger partial charge in [-0.2, -0.15) is 10.2 Å². The molecule has 31 heavy (non-hydrogen) atoms. The average molecular weight is 419 g/mol. The highest BCUT2D eigenvalue weighted by molar-refractivity contribution is 6.02. The maximum atomic E-state index is 12.1. The molecule has 0 spiro atoms. The molecule has 0 bridgehead atoms. The van der Waals surface area contributed by atoms with Crippen molar-refractivity contribution in [1.82, 2.24) is 40.1 Å². The third-order valence-electron chi connectivity index (χ3n) is 6.05. The molecule has 0 saturated heterocycles. The lowest BCUT2D eigenvalue weighted by Crippen LogP contribution is -2.40. The number of hydrogen-bond acceptors (Lipinski definition) is 6.